The molecule has 2 aliphatic rings. The normalized spacial score (nSPS) is 19.1. The molecule has 11 nitrogen and oxygen atoms in total. The number of anilines is 1. The Balaban J connectivity index is 1.31. The summed E-state index contributed by atoms with van der Waals surface area (Å²) in [6.45, 7) is 3.78. The molecule has 204 valence electrons. The predicted molar refractivity (Wildman–Crippen MR) is 137 cm³/mol. The number of fused-ring (bicyclic) bond motifs is 1. The van der Waals surface area contributed by atoms with Gasteiger partial charge in [0.05, 0.1) is 30.3 Å². The van der Waals surface area contributed by atoms with Crippen LogP contribution < -0.4 is 10.2 Å². The summed E-state index contributed by atoms with van der Waals surface area (Å²) < 4.78 is 24.0. The highest BCUT2D eigenvalue weighted by molar-refractivity contribution is 6.16. The molecular weight excluding hydrogens is 507 g/mol. The van der Waals surface area contributed by atoms with E-state index in [-0.39, 0.29) is 42.1 Å². The molecule has 1 unspecified atom stereocenters. The lowest BCUT2D eigenvalue weighted by Crippen LogP contribution is -2.35. The number of benzene rings is 1. The van der Waals surface area contributed by atoms with Crippen molar-refractivity contribution in [2.24, 2.45) is 20.0 Å². The van der Waals surface area contributed by atoms with Gasteiger partial charge in [0.1, 0.15) is 23.3 Å². The van der Waals surface area contributed by atoms with Crippen LogP contribution in [0.2, 0.25) is 0 Å². The molecule has 0 saturated carbocycles. The minimum atomic E-state index is -1.02. The van der Waals surface area contributed by atoms with Crippen LogP contribution in [0.4, 0.5) is 14.9 Å². The zero-order valence-electron chi connectivity index (χ0n) is 22.2. The van der Waals surface area contributed by atoms with E-state index in [1.165, 1.54) is 4.90 Å². The van der Waals surface area contributed by atoms with Gasteiger partial charge in [0.15, 0.2) is 11.6 Å². The van der Waals surface area contributed by atoms with Crippen molar-refractivity contribution in [2.45, 2.75) is 39.2 Å². The van der Waals surface area contributed by atoms with Gasteiger partial charge in [-0.15, -0.1) is 0 Å². The smallest absolute Gasteiger partial charge is 0.414 e. The van der Waals surface area contributed by atoms with E-state index in [4.69, 9.17) is 4.74 Å². The Morgan fingerprint density at radius 1 is 1.05 bits per heavy atom. The standard InChI is InChI=1S/C27H29FN6O5/c1-14-8-21(30-32(14)3)24(35)19-7-5-6-16-10-17(11-20(28)23(16)25(19)36)34-13-18(39-27(34)38)12-29-26(37)22-9-15(2)33(4)31-22/h8-11,18-19H,5-7,12-13H2,1-4H3,(H,29,37)/t18-,19?/m0/s1. The van der Waals surface area contributed by atoms with Crippen molar-refractivity contribution in [1.82, 2.24) is 24.9 Å². The summed E-state index contributed by atoms with van der Waals surface area (Å²) in [7, 11) is 3.44. The molecule has 3 aromatic rings. The number of hydrogen-bond acceptors (Lipinski definition) is 7. The molecule has 1 N–H and O–H groups in total. The van der Waals surface area contributed by atoms with Gasteiger partial charge in [-0.25, -0.2) is 9.18 Å². The number of nitrogens with zero attached hydrogens (tertiary/aromatic N) is 5. The number of halogens is 1. The van der Waals surface area contributed by atoms with Gasteiger partial charge in [0.25, 0.3) is 5.91 Å². The Hall–Kier alpha value is -4.35. The number of carbonyl (C=O) groups excluding carboxylic acids is 4. The fourth-order valence-corrected chi connectivity index (χ4v) is 5.00. The van der Waals surface area contributed by atoms with E-state index >= 15 is 4.39 Å². The van der Waals surface area contributed by atoms with Crippen LogP contribution in [-0.4, -0.2) is 62.3 Å². The Kier molecular flexibility index (Phi) is 6.79. The van der Waals surface area contributed by atoms with Crippen LogP contribution in [-0.2, 0) is 25.3 Å². The van der Waals surface area contributed by atoms with E-state index in [1.54, 1.807) is 48.6 Å². The number of rotatable bonds is 6. The number of nitrogens with one attached hydrogen (secondary N) is 1. The van der Waals surface area contributed by atoms with E-state index in [2.05, 4.69) is 15.5 Å². The second-order valence-electron chi connectivity index (χ2n) is 10.1. The summed E-state index contributed by atoms with van der Waals surface area (Å²) in [5.74, 6) is -3.20. The highest BCUT2D eigenvalue weighted by Gasteiger charge is 2.37. The van der Waals surface area contributed by atoms with Crippen LogP contribution in [0.1, 0.15) is 61.1 Å². The minimum absolute atomic E-state index is 0.0550. The molecule has 2 atom stereocenters. The highest BCUT2D eigenvalue weighted by atomic mass is 19.1. The number of cyclic esters (lactones) is 1. The summed E-state index contributed by atoms with van der Waals surface area (Å²) in [5, 5.41) is 11.0. The summed E-state index contributed by atoms with van der Waals surface area (Å²) in [5.41, 5.74) is 2.61. The van der Waals surface area contributed by atoms with E-state index in [0.29, 0.717) is 18.4 Å². The largest absolute Gasteiger partial charge is 0.442 e. The van der Waals surface area contributed by atoms with Crippen LogP contribution >= 0.6 is 0 Å². The first-order valence-electron chi connectivity index (χ1n) is 12.7. The van der Waals surface area contributed by atoms with Crippen LogP contribution in [0.5, 0.6) is 0 Å². The molecule has 12 heteroatoms. The van der Waals surface area contributed by atoms with Gasteiger partial charge >= 0.3 is 6.09 Å². The predicted octanol–water partition coefficient (Wildman–Crippen LogP) is 2.68. The van der Waals surface area contributed by atoms with Gasteiger partial charge < -0.3 is 10.1 Å². The molecular formula is C27H29FN6O5. The number of hydrogen-bond donors (Lipinski definition) is 1. The van der Waals surface area contributed by atoms with Crippen LogP contribution in [0, 0.1) is 25.6 Å². The first-order valence-corrected chi connectivity index (χ1v) is 12.7. The van der Waals surface area contributed by atoms with Crippen molar-refractivity contribution in [2.75, 3.05) is 18.0 Å². The van der Waals surface area contributed by atoms with Gasteiger partial charge in [-0.05, 0) is 62.9 Å². The quantitative estimate of drug-likeness (QED) is 0.291. The molecule has 5 rings (SSSR count). The van der Waals surface area contributed by atoms with Crippen molar-refractivity contribution in [3.05, 3.63) is 64.0 Å². The first-order chi connectivity index (χ1) is 18.5. The van der Waals surface area contributed by atoms with Gasteiger partial charge in [-0.2, -0.15) is 10.2 Å². The fourth-order valence-electron chi connectivity index (χ4n) is 5.00. The molecule has 3 heterocycles. The molecule has 1 aromatic carbocycles. The van der Waals surface area contributed by atoms with E-state index in [0.717, 1.165) is 17.5 Å². The SMILES string of the molecule is Cc1cc(C(=O)NC[C@H]2CN(c3cc(F)c4c(c3)CCCC(C(=O)c3cc(C)n(C)n3)C4=O)C(=O)O2)nn1C. The van der Waals surface area contributed by atoms with E-state index < -0.39 is 41.4 Å². The molecule has 1 saturated heterocycles. The molecule has 0 radical (unpaired) electrons. The lowest BCUT2D eigenvalue weighted by Gasteiger charge is -2.17. The third-order valence-electron chi connectivity index (χ3n) is 7.36. The third-order valence-corrected chi connectivity index (χ3v) is 7.36. The average molecular weight is 537 g/mol. The van der Waals surface area contributed by atoms with Crippen molar-refractivity contribution in [3.63, 3.8) is 0 Å². The van der Waals surface area contributed by atoms with E-state index in [1.807, 2.05) is 6.92 Å². The Morgan fingerprint density at radius 3 is 2.36 bits per heavy atom. The number of carbonyl (C=O) groups is 4. The number of ether oxygens (including phenoxy) is 1. The van der Waals surface area contributed by atoms with Gasteiger partial charge in [-0.3, -0.25) is 28.6 Å². The summed E-state index contributed by atoms with van der Waals surface area (Å²) >= 11 is 0. The van der Waals surface area contributed by atoms with Crippen LogP contribution in [0.25, 0.3) is 0 Å². The van der Waals surface area contributed by atoms with Crippen molar-refractivity contribution < 1.29 is 28.3 Å². The van der Waals surface area contributed by atoms with Crippen molar-refractivity contribution >= 4 is 29.3 Å². The first kappa shape index (κ1) is 26.3. The molecule has 1 aliphatic heterocycles. The molecule has 39 heavy (non-hydrogen) atoms. The molecule has 0 spiro atoms. The average Bonchev–Trinajstić information content (AvgIpc) is 3.51. The minimum Gasteiger partial charge on any atom is -0.442 e. The number of aryl methyl sites for hydroxylation is 5. The number of Topliss-reactive ketones (excluding diaryl/α,β-unsaturated/α-hetero) is 2. The molecule has 2 aromatic heterocycles. The molecule has 1 aliphatic carbocycles. The van der Waals surface area contributed by atoms with Gasteiger partial charge in [0.2, 0.25) is 0 Å². The monoisotopic (exact) mass is 536 g/mol. The zero-order valence-corrected chi connectivity index (χ0v) is 22.2. The summed E-state index contributed by atoms with van der Waals surface area (Å²) in [4.78, 5) is 52.7. The van der Waals surface area contributed by atoms with Crippen molar-refractivity contribution in [3.8, 4) is 0 Å². The maximum absolute atomic E-state index is 15.4. The lowest BCUT2D eigenvalue weighted by atomic mass is 9.89. The van der Waals surface area contributed by atoms with Crippen molar-refractivity contribution in [1.29, 1.82) is 0 Å². The van der Waals surface area contributed by atoms with Crippen LogP contribution in [0.3, 0.4) is 0 Å². The van der Waals surface area contributed by atoms with Gasteiger partial charge in [0, 0.05) is 25.5 Å². The maximum Gasteiger partial charge on any atom is 0.414 e. The molecule has 1 fully saturated rings. The second-order valence-corrected chi connectivity index (χ2v) is 10.1. The Morgan fingerprint density at radius 2 is 1.72 bits per heavy atom. The molecule has 0 bridgehead atoms. The fraction of sp³-hybridized carbons (Fsp3) is 0.407. The lowest BCUT2D eigenvalue weighted by molar-refractivity contribution is 0.0795. The summed E-state index contributed by atoms with van der Waals surface area (Å²) in [6.07, 6.45) is -0.182. The second kappa shape index (κ2) is 10.1. The number of aromatic nitrogens is 4. The molecule has 2 amide bonds. The Bertz CT molecular complexity index is 1470. The highest BCUT2D eigenvalue weighted by Crippen LogP contribution is 2.33. The maximum atomic E-state index is 15.4. The number of ketones is 2. The summed E-state index contributed by atoms with van der Waals surface area (Å²) in [6, 6.07) is 5.99. The Labute approximate surface area is 223 Å². The topological polar surface area (TPSA) is 128 Å². The van der Waals surface area contributed by atoms with E-state index in [9.17, 15) is 19.2 Å². The zero-order chi connectivity index (χ0) is 28.0. The van der Waals surface area contributed by atoms with Crippen LogP contribution in [0.15, 0.2) is 24.3 Å². The number of amides is 2. The third kappa shape index (κ3) is 4.93. The van der Waals surface area contributed by atoms with Gasteiger partial charge in [-0.1, -0.05) is 0 Å².